The molecule has 116 valence electrons. The zero-order valence-electron chi connectivity index (χ0n) is 12.2. The van der Waals surface area contributed by atoms with Crippen LogP contribution in [0.25, 0.3) is 0 Å². The van der Waals surface area contributed by atoms with Gasteiger partial charge in [0.1, 0.15) is 5.76 Å². The predicted molar refractivity (Wildman–Crippen MR) is 76.0 cm³/mol. The van der Waals surface area contributed by atoms with Gasteiger partial charge in [0.25, 0.3) is 0 Å². The van der Waals surface area contributed by atoms with Gasteiger partial charge in [-0.1, -0.05) is 5.16 Å². The summed E-state index contributed by atoms with van der Waals surface area (Å²) in [5.74, 6) is 3.10. The Balaban J connectivity index is 1.20. The average molecular weight is 302 g/mol. The third kappa shape index (κ3) is 2.89. The minimum absolute atomic E-state index is 0.000881. The van der Waals surface area contributed by atoms with Crippen molar-refractivity contribution in [3.05, 3.63) is 35.9 Å². The number of carbonyl (C=O) groups is 1. The molecule has 2 aromatic heterocycles. The largest absolute Gasteiger partial charge is 0.467 e. The number of likely N-dealkylation sites (tertiary alicyclic amines) is 1. The summed E-state index contributed by atoms with van der Waals surface area (Å²) in [6.07, 6.45) is 3.94. The molecular formula is C15H18N4O3. The summed E-state index contributed by atoms with van der Waals surface area (Å²) in [5, 5.41) is 6.87. The van der Waals surface area contributed by atoms with Gasteiger partial charge in [-0.2, -0.15) is 4.98 Å². The van der Waals surface area contributed by atoms with E-state index >= 15 is 0 Å². The van der Waals surface area contributed by atoms with Crippen molar-refractivity contribution in [3.63, 3.8) is 0 Å². The molecule has 0 aromatic carbocycles. The summed E-state index contributed by atoms with van der Waals surface area (Å²) in [7, 11) is 0. The topological polar surface area (TPSA) is 84.4 Å². The van der Waals surface area contributed by atoms with E-state index in [4.69, 9.17) is 8.94 Å². The van der Waals surface area contributed by atoms with Gasteiger partial charge in [0, 0.05) is 19.0 Å². The molecule has 2 aliphatic rings. The van der Waals surface area contributed by atoms with Crippen LogP contribution in [0.5, 0.6) is 0 Å². The Kier molecular flexibility index (Phi) is 3.42. The number of hydrogen-bond acceptors (Lipinski definition) is 6. The van der Waals surface area contributed by atoms with Gasteiger partial charge in [-0.15, -0.1) is 0 Å². The van der Waals surface area contributed by atoms with E-state index in [0.29, 0.717) is 24.9 Å². The Morgan fingerprint density at radius 1 is 1.36 bits per heavy atom. The first kappa shape index (κ1) is 13.5. The molecule has 1 aliphatic carbocycles. The first-order chi connectivity index (χ1) is 10.8. The van der Waals surface area contributed by atoms with E-state index in [2.05, 4.69) is 20.4 Å². The molecule has 1 saturated carbocycles. The fourth-order valence-corrected chi connectivity index (χ4v) is 2.63. The lowest BCUT2D eigenvalue weighted by molar-refractivity contribution is -0.123. The maximum absolute atomic E-state index is 11.8. The molecular weight excluding hydrogens is 284 g/mol. The van der Waals surface area contributed by atoms with Crippen molar-refractivity contribution in [2.75, 3.05) is 19.6 Å². The number of rotatable bonds is 6. The Labute approximate surface area is 127 Å². The smallest absolute Gasteiger partial charge is 0.234 e. The molecule has 0 unspecified atom stereocenters. The van der Waals surface area contributed by atoms with Crippen molar-refractivity contribution >= 4 is 5.91 Å². The zero-order valence-corrected chi connectivity index (χ0v) is 12.2. The van der Waals surface area contributed by atoms with Crippen molar-refractivity contribution in [3.8, 4) is 0 Å². The van der Waals surface area contributed by atoms with Gasteiger partial charge in [0.15, 0.2) is 5.82 Å². The fourth-order valence-electron chi connectivity index (χ4n) is 2.63. The maximum Gasteiger partial charge on any atom is 0.234 e. The van der Waals surface area contributed by atoms with Crippen molar-refractivity contribution in [1.82, 2.24) is 20.4 Å². The van der Waals surface area contributed by atoms with Crippen LogP contribution in [0.3, 0.4) is 0 Å². The molecule has 0 spiro atoms. The van der Waals surface area contributed by atoms with E-state index < -0.39 is 0 Å². The first-order valence-electron chi connectivity index (χ1n) is 7.63. The number of carbonyl (C=O) groups excluding carboxylic acids is 1. The van der Waals surface area contributed by atoms with Gasteiger partial charge < -0.3 is 14.3 Å². The molecule has 4 rings (SSSR count). The number of hydrogen-bond donors (Lipinski definition) is 1. The Morgan fingerprint density at radius 2 is 2.23 bits per heavy atom. The summed E-state index contributed by atoms with van der Waals surface area (Å²) >= 11 is 0. The second-order valence-corrected chi connectivity index (χ2v) is 6.01. The second-order valence-electron chi connectivity index (χ2n) is 6.01. The standard InChI is InChI=1S/C15H18N4O3/c20-13(16-6-12-2-1-5-21-12)9-19-7-11(8-19)15-17-14(18-22-15)10-3-4-10/h1-2,5,10-11H,3-4,6-9H2,(H,16,20). The van der Waals surface area contributed by atoms with Gasteiger partial charge in [-0.25, -0.2) is 0 Å². The van der Waals surface area contributed by atoms with Crippen LogP contribution in [0.1, 0.15) is 42.2 Å². The van der Waals surface area contributed by atoms with Gasteiger partial charge in [0.2, 0.25) is 11.8 Å². The highest BCUT2D eigenvalue weighted by Crippen LogP contribution is 2.39. The highest BCUT2D eigenvalue weighted by Gasteiger charge is 2.35. The van der Waals surface area contributed by atoms with E-state index in [1.807, 2.05) is 12.1 Å². The Morgan fingerprint density at radius 3 is 2.95 bits per heavy atom. The summed E-state index contributed by atoms with van der Waals surface area (Å²) in [6, 6.07) is 3.65. The molecule has 2 aromatic rings. The third-order valence-corrected chi connectivity index (χ3v) is 4.11. The lowest BCUT2D eigenvalue weighted by Gasteiger charge is -2.36. The number of aromatic nitrogens is 2. The summed E-state index contributed by atoms with van der Waals surface area (Å²) in [5.41, 5.74) is 0. The number of amides is 1. The van der Waals surface area contributed by atoms with Crippen molar-refractivity contribution in [1.29, 1.82) is 0 Å². The minimum atomic E-state index is -0.000881. The van der Waals surface area contributed by atoms with Crippen LogP contribution in [-0.4, -0.2) is 40.6 Å². The van der Waals surface area contributed by atoms with Crippen molar-refractivity contribution in [2.24, 2.45) is 0 Å². The van der Waals surface area contributed by atoms with E-state index in [-0.39, 0.29) is 11.8 Å². The normalized spacial score (nSPS) is 19.1. The highest BCUT2D eigenvalue weighted by atomic mass is 16.5. The van der Waals surface area contributed by atoms with Gasteiger partial charge in [-0.3, -0.25) is 9.69 Å². The SMILES string of the molecule is O=C(CN1CC(c2nc(C3CC3)no2)C1)NCc1ccco1. The molecule has 2 fully saturated rings. The zero-order chi connectivity index (χ0) is 14.9. The van der Waals surface area contributed by atoms with Crippen LogP contribution in [0.4, 0.5) is 0 Å². The molecule has 7 nitrogen and oxygen atoms in total. The van der Waals surface area contributed by atoms with Crippen molar-refractivity contribution < 1.29 is 13.7 Å². The molecule has 1 saturated heterocycles. The van der Waals surface area contributed by atoms with Gasteiger partial charge in [0.05, 0.1) is 25.3 Å². The third-order valence-electron chi connectivity index (χ3n) is 4.11. The lowest BCUT2D eigenvalue weighted by atomic mass is 10.0. The number of nitrogens with zero attached hydrogens (tertiary/aromatic N) is 3. The van der Waals surface area contributed by atoms with Crippen LogP contribution in [0.15, 0.2) is 27.3 Å². The monoisotopic (exact) mass is 302 g/mol. The molecule has 0 atom stereocenters. The Bertz CT molecular complexity index is 642. The number of furan rings is 1. The van der Waals surface area contributed by atoms with Crippen LogP contribution < -0.4 is 5.32 Å². The van der Waals surface area contributed by atoms with Gasteiger partial charge in [-0.05, 0) is 25.0 Å². The highest BCUT2D eigenvalue weighted by molar-refractivity contribution is 5.78. The molecule has 0 bridgehead atoms. The van der Waals surface area contributed by atoms with Crippen LogP contribution in [0.2, 0.25) is 0 Å². The predicted octanol–water partition coefficient (Wildman–Crippen LogP) is 1.26. The molecule has 3 heterocycles. The van der Waals surface area contributed by atoms with Gasteiger partial charge >= 0.3 is 0 Å². The van der Waals surface area contributed by atoms with E-state index in [9.17, 15) is 4.79 Å². The van der Waals surface area contributed by atoms with Crippen molar-refractivity contribution in [2.45, 2.75) is 31.2 Å². The lowest BCUT2D eigenvalue weighted by Crippen LogP contribution is -2.49. The minimum Gasteiger partial charge on any atom is -0.467 e. The van der Waals surface area contributed by atoms with E-state index in [0.717, 1.165) is 24.7 Å². The Hall–Kier alpha value is -2.15. The number of nitrogens with one attached hydrogen (secondary N) is 1. The summed E-state index contributed by atoms with van der Waals surface area (Å²) < 4.78 is 10.5. The van der Waals surface area contributed by atoms with Crippen LogP contribution in [-0.2, 0) is 11.3 Å². The van der Waals surface area contributed by atoms with E-state index in [1.54, 1.807) is 6.26 Å². The molecule has 22 heavy (non-hydrogen) atoms. The molecule has 7 heteroatoms. The molecule has 1 amide bonds. The molecule has 1 N–H and O–H groups in total. The molecule has 1 aliphatic heterocycles. The fraction of sp³-hybridized carbons (Fsp3) is 0.533. The van der Waals surface area contributed by atoms with Crippen LogP contribution in [0, 0.1) is 0 Å². The maximum atomic E-state index is 11.8. The quantitative estimate of drug-likeness (QED) is 0.864. The first-order valence-corrected chi connectivity index (χ1v) is 7.63. The average Bonchev–Trinajstić information content (AvgIpc) is 3.01. The summed E-state index contributed by atoms with van der Waals surface area (Å²) in [4.78, 5) is 18.4. The molecule has 0 radical (unpaired) electrons. The van der Waals surface area contributed by atoms with E-state index in [1.165, 1.54) is 12.8 Å². The van der Waals surface area contributed by atoms with Crippen LogP contribution >= 0.6 is 0 Å². The second kappa shape index (κ2) is 5.57. The summed E-state index contributed by atoms with van der Waals surface area (Å²) in [6.45, 7) is 2.40.